The summed E-state index contributed by atoms with van der Waals surface area (Å²) in [5.41, 5.74) is 0.145. The van der Waals surface area contributed by atoms with E-state index in [9.17, 15) is 4.79 Å². The van der Waals surface area contributed by atoms with Gasteiger partial charge in [-0.2, -0.15) is 0 Å². The third-order valence-corrected chi connectivity index (χ3v) is 5.89. The Labute approximate surface area is 141 Å². The first-order chi connectivity index (χ1) is 10.8. The van der Waals surface area contributed by atoms with Gasteiger partial charge in [0.15, 0.2) is 0 Å². The molecular weight excluding hydrogens is 288 g/mol. The fourth-order valence-corrected chi connectivity index (χ4v) is 4.26. The van der Waals surface area contributed by atoms with Crippen molar-refractivity contribution in [3.05, 3.63) is 0 Å². The Balaban J connectivity index is 1.60. The van der Waals surface area contributed by atoms with E-state index in [4.69, 9.17) is 4.74 Å². The molecule has 0 aromatic heterocycles. The Morgan fingerprint density at radius 2 is 1.96 bits per heavy atom. The van der Waals surface area contributed by atoms with Crippen molar-refractivity contribution in [3.63, 3.8) is 0 Å². The zero-order valence-electron chi connectivity index (χ0n) is 15.4. The number of rotatable bonds is 4. The zero-order valence-corrected chi connectivity index (χ0v) is 15.4. The maximum Gasteiger partial charge on any atom is 0.410 e. The maximum atomic E-state index is 12.5. The smallest absolute Gasteiger partial charge is 0.410 e. The van der Waals surface area contributed by atoms with E-state index in [2.05, 4.69) is 12.2 Å². The summed E-state index contributed by atoms with van der Waals surface area (Å²) in [5, 5.41) is 3.84. The molecule has 1 saturated heterocycles. The van der Waals surface area contributed by atoms with E-state index < -0.39 is 5.60 Å². The van der Waals surface area contributed by atoms with Crippen molar-refractivity contribution in [2.75, 3.05) is 13.1 Å². The third-order valence-electron chi connectivity index (χ3n) is 5.89. The minimum absolute atomic E-state index is 0.111. The number of hydrogen-bond acceptors (Lipinski definition) is 3. The summed E-state index contributed by atoms with van der Waals surface area (Å²) < 4.78 is 5.64. The average Bonchev–Trinajstić information content (AvgIpc) is 2.92. The largest absolute Gasteiger partial charge is 0.444 e. The molecule has 3 rings (SSSR count). The molecule has 2 aliphatic carbocycles. The second-order valence-corrected chi connectivity index (χ2v) is 9.28. The summed E-state index contributed by atoms with van der Waals surface area (Å²) in [5.74, 6) is 0.604. The van der Waals surface area contributed by atoms with Crippen molar-refractivity contribution in [1.29, 1.82) is 0 Å². The summed E-state index contributed by atoms with van der Waals surface area (Å²) in [7, 11) is 0. The molecule has 0 aromatic carbocycles. The number of nitrogens with one attached hydrogen (secondary N) is 1. The lowest BCUT2D eigenvalue weighted by molar-refractivity contribution is 0.0166. The van der Waals surface area contributed by atoms with Crippen molar-refractivity contribution in [2.24, 2.45) is 11.3 Å². The highest BCUT2D eigenvalue weighted by Gasteiger charge is 2.43. The van der Waals surface area contributed by atoms with Gasteiger partial charge in [0.1, 0.15) is 5.60 Å². The molecule has 0 spiro atoms. The SMILES string of the molecule is CC1(CNC2CCCC2C2CCCN2C(=O)OC(C)(C)C)CC1. The number of nitrogens with zero attached hydrogens (tertiary/aromatic N) is 1. The van der Waals surface area contributed by atoms with Crippen LogP contribution in [0, 0.1) is 11.3 Å². The van der Waals surface area contributed by atoms with Crippen LogP contribution in [0.5, 0.6) is 0 Å². The van der Waals surface area contributed by atoms with Crippen molar-refractivity contribution in [3.8, 4) is 0 Å². The predicted molar refractivity (Wildman–Crippen MR) is 92.4 cm³/mol. The molecule has 0 aromatic rings. The average molecular weight is 322 g/mol. The van der Waals surface area contributed by atoms with Crippen molar-refractivity contribution in [2.45, 2.75) is 90.3 Å². The second-order valence-electron chi connectivity index (χ2n) is 9.28. The molecule has 1 heterocycles. The summed E-state index contributed by atoms with van der Waals surface area (Å²) in [6, 6.07) is 0.956. The number of hydrogen-bond donors (Lipinski definition) is 1. The van der Waals surface area contributed by atoms with Crippen LogP contribution in [0.15, 0.2) is 0 Å². The van der Waals surface area contributed by atoms with Gasteiger partial charge in [-0.05, 0) is 70.6 Å². The molecule has 3 fully saturated rings. The molecule has 2 saturated carbocycles. The van der Waals surface area contributed by atoms with E-state index in [0.29, 0.717) is 23.4 Å². The molecule has 1 aliphatic heterocycles. The molecule has 3 atom stereocenters. The summed E-state index contributed by atoms with van der Waals surface area (Å²) >= 11 is 0. The normalized spacial score (nSPS) is 33.0. The van der Waals surface area contributed by atoms with Crippen LogP contribution in [-0.4, -0.2) is 41.8 Å². The van der Waals surface area contributed by atoms with Crippen LogP contribution >= 0.6 is 0 Å². The number of carbonyl (C=O) groups is 1. The highest BCUT2D eigenvalue weighted by atomic mass is 16.6. The van der Waals surface area contributed by atoms with Crippen LogP contribution in [-0.2, 0) is 4.74 Å². The van der Waals surface area contributed by atoms with Crippen molar-refractivity contribution < 1.29 is 9.53 Å². The van der Waals surface area contributed by atoms with Gasteiger partial charge in [0.05, 0.1) is 0 Å². The third kappa shape index (κ3) is 4.20. The molecule has 1 N–H and O–H groups in total. The van der Waals surface area contributed by atoms with Crippen LogP contribution in [0.2, 0.25) is 0 Å². The van der Waals surface area contributed by atoms with Crippen molar-refractivity contribution in [1.82, 2.24) is 10.2 Å². The first-order valence-corrected chi connectivity index (χ1v) is 9.50. The Hall–Kier alpha value is -0.770. The molecule has 3 aliphatic rings. The minimum Gasteiger partial charge on any atom is -0.444 e. The van der Waals surface area contributed by atoms with Gasteiger partial charge in [0, 0.05) is 25.2 Å². The monoisotopic (exact) mass is 322 g/mol. The van der Waals surface area contributed by atoms with Gasteiger partial charge < -0.3 is 15.0 Å². The van der Waals surface area contributed by atoms with Crippen LogP contribution in [0.3, 0.4) is 0 Å². The first-order valence-electron chi connectivity index (χ1n) is 9.50. The Morgan fingerprint density at radius 3 is 2.61 bits per heavy atom. The highest BCUT2D eigenvalue weighted by molar-refractivity contribution is 5.69. The van der Waals surface area contributed by atoms with Crippen LogP contribution in [0.25, 0.3) is 0 Å². The van der Waals surface area contributed by atoms with Crippen LogP contribution < -0.4 is 5.32 Å². The summed E-state index contributed by atoms with van der Waals surface area (Å²) in [6.45, 7) is 10.2. The fourth-order valence-electron chi connectivity index (χ4n) is 4.26. The number of carbonyl (C=O) groups excluding carboxylic acids is 1. The molecular formula is C19H34N2O2. The fraction of sp³-hybridized carbons (Fsp3) is 0.947. The maximum absolute atomic E-state index is 12.5. The second kappa shape index (κ2) is 6.27. The quantitative estimate of drug-likeness (QED) is 0.852. The van der Waals surface area contributed by atoms with Gasteiger partial charge >= 0.3 is 6.09 Å². The van der Waals surface area contributed by atoms with Crippen LogP contribution in [0.4, 0.5) is 4.79 Å². The van der Waals surface area contributed by atoms with Gasteiger partial charge in [-0.15, -0.1) is 0 Å². The molecule has 23 heavy (non-hydrogen) atoms. The number of amides is 1. The Kier molecular flexibility index (Phi) is 4.65. The molecule has 0 bridgehead atoms. The lowest BCUT2D eigenvalue weighted by Crippen LogP contribution is -2.48. The van der Waals surface area contributed by atoms with E-state index in [1.54, 1.807) is 0 Å². The van der Waals surface area contributed by atoms with Crippen LogP contribution in [0.1, 0.15) is 72.6 Å². The standard InChI is InChI=1S/C19H34N2O2/c1-18(2,3)23-17(22)21-12-6-9-16(21)14-7-5-8-15(14)20-13-19(4)10-11-19/h14-16,20H,5-13H2,1-4H3. The lowest BCUT2D eigenvalue weighted by atomic mass is 9.92. The van der Waals surface area contributed by atoms with E-state index in [1.807, 2.05) is 25.7 Å². The van der Waals surface area contributed by atoms with Gasteiger partial charge in [-0.1, -0.05) is 13.3 Å². The first kappa shape index (κ1) is 17.1. The molecule has 1 amide bonds. The molecule has 4 heteroatoms. The molecule has 132 valence electrons. The van der Waals surface area contributed by atoms with Gasteiger partial charge in [-0.25, -0.2) is 4.79 Å². The predicted octanol–water partition coefficient (Wildman–Crippen LogP) is 3.94. The highest BCUT2D eigenvalue weighted by Crippen LogP contribution is 2.45. The lowest BCUT2D eigenvalue weighted by Gasteiger charge is -2.34. The Morgan fingerprint density at radius 1 is 1.22 bits per heavy atom. The number of likely N-dealkylation sites (tertiary alicyclic amines) is 1. The van der Waals surface area contributed by atoms with E-state index in [0.717, 1.165) is 25.9 Å². The number of ether oxygens (including phenoxy) is 1. The van der Waals surface area contributed by atoms with E-state index in [1.165, 1.54) is 32.1 Å². The molecule has 4 nitrogen and oxygen atoms in total. The molecule has 3 unspecified atom stereocenters. The Bertz CT molecular complexity index is 439. The van der Waals surface area contributed by atoms with Gasteiger partial charge in [-0.3, -0.25) is 0 Å². The van der Waals surface area contributed by atoms with E-state index >= 15 is 0 Å². The topological polar surface area (TPSA) is 41.6 Å². The van der Waals surface area contributed by atoms with Crippen molar-refractivity contribution >= 4 is 6.09 Å². The molecule has 0 radical (unpaired) electrons. The zero-order chi connectivity index (χ0) is 16.7. The van der Waals surface area contributed by atoms with Gasteiger partial charge in [0.2, 0.25) is 0 Å². The van der Waals surface area contributed by atoms with Gasteiger partial charge in [0.25, 0.3) is 0 Å². The summed E-state index contributed by atoms with van der Waals surface area (Å²) in [6.07, 6.45) is 8.68. The van der Waals surface area contributed by atoms with E-state index in [-0.39, 0.29) is 6.09 Å². The summed E-state index contributed by atoms with van der Waals surface area (Å²) in [4.78, 5) is 14.6. The minimum atomic E-state index is -0.405.